The number of rotatable bonds is 1. The number of carbonyl (C=O) groups is 3. The van der Waals surface area contributed by atoms with Crippen LogP contribution in [0.15, 0.2) is 14.6 Å². The molecule has 2 heterocycles. The van der Waals surface area contributed by atoms with Gasteiger partial charge in [-0.1, -0.05) is 0 Å². The van der Waals surface area contributed by atoms with E-state index in [0.717, 1.165) is 0 Å². The third-order valence-electron chi connectivity index (χ3n) is 2.01. The normalized spacial score (nSPS) is 13.5. The van der Waals surface area contributed by atoms with E-state index < -0.39 is 46.4 Å². The fraction of sp³-hybridized carbons (Fsp3) is 0. The molecule has 0 bridgehead atoms. The number of urea groups is 1. The minimum absolute atomic E-state index is 0. The molecule has 13 nitrogen and oxygen atoms in total. The zero-order valence-electron chi connectivity index (χ0n) is 10.3. The number of barbiturate groups is 1. The molecular weight excluding hydrogens is 290 g/mol. The van der Waals surface area contributed by atoms with Crippen molar-refractivity contribution in [3.8, 4) is 5.88 Å². The van der Waals surface area contributed by atoms with Gasteiger partial charge in [0.1, 0.15) is 0 Å². The summed E-state index contributed by atoms with van der Waals surface area (Å²) in [5.74, 6) is -3.20. The lowest BCUT2D eigenvalue weighted by Crippen LogP contribution is -2.56. The first-order chi connectivity index (χ1) is 8.88. The Kier molecular flexibility index (Phi) is 5.24. The Hall–Kier alpha value is -3.32. The van der Waals surface area contributed by atoms with Crippen LogP contribution in [0.3, 0.4) is 0 Å². The smallest absolute Gasteiger partial charge is 0.328 e. The number of nitrogens with one attached hydrogen (secondary N) is 4. The van der Waals surface area contributed by atoms with Crippen molar-refractivity contribution in [2.75, 3.05) is 0 Å². The standard InChI is InChI=1S/C8H5N5O6.2H3N/c14-3-1(4(15)11-7(18)10-3)9-2-5(16)12-8(19)13-6(2)17;;/h(H2,10,11,14,15,18)(H3,12,13,16,17,19);2*1H3. The van der Waals surface area contributed by atoms with Crippen LogP contribution in [0, 0.1) is 0 Å². The quantitative estimate of drug-likeness (QED) is 0.292. The second-order valence-electron chi connectivity index (χ2n) is 3.30. The molecule has 114 valence electrons. The zero-order chi connectivity index (χ0) is 14.2. The van der Waals surface area contributed by atoms with Gasteiger partial charge in [0.25, 0.3) is 17.4 Å². The van der Waals surface area contributed by atoms with E-state index in [1.165, 1.54) is 0 Å². The first kappa shape index (κ1) is 17.7. The summed E-state index contributed by atoms with van der Waals surface area (Å²) >= 11 is 0. The summed E-state index contributed by atoms with van der Waals surface area (Å²) in [6.45, 7) is 0. The van der Waals surface area contributed by atoms with Gasteiger partial charge in [0, 0.05) is 0 Å². The summed E-state index contributed by atoms with van der Waals surface area (Å²) in [6, 6.07) is -1.03. The number of aromatic nitrogens is 2. The summed E-state index contributed by atoms with van der Waals surface area (Å²) in [4.78, 5) is 62.4. The number of aromatic amines is 2. The number of carbonyl (C=O) groups excluding carboxylic acids is 3. The molecule has 0 atom stereocenters. The average molecular weight is 301 g/mol. The maximum absolute atomic E-state index is 11.3. The maximum atomic E-state index is 11.3. The molecule has 21 heavy (non-hydrogen) atoms. The topological polar surface area (TPSA) is 244 Å². The molecule has 4 amide bonds. The average Bonchev–Trinajstić information content (AvgIpc) is 2.25. The summed E-state index contributed by atoms with van der Waals surface area (Å²) in [6.07, 6.45) is 0. The van der Waals surface area contributed by atoms with Crippen molar-refractivity contribution in [1.82, 2.24) is 32.9 Å². The highest BCUT2D eigenvalue weighted by Crippen LogP contribution is 2.16. The van der Waals surface area contributed by atoms with E-state index in [4.69, 9.17) is 0 Å². The largest absolute Gasteiger partial charge is 0.493 e. The molecule has 1 saturated heterocycles. The number of H-pyrrole nitrogens is 2. The van der Waals surface area contributed by atoms with Gasteiger partial charge in [0.05, 0.1) is 0 Å². The number of aliphatic imine (C=N–C) groups is 1. The minimum atomic E-state index is -1.14. The predicted molar refractivity (Wildman–Crippen MR) is 68.2 cm³/mol. The molecule has 0 unspecified atom stereocenters. The fourth-order valence-electron chi connectivity index (χ4n) is 1.24. The molecule has 1 aliphatic heterocycles. The van der Waals surface area contributed by atoms with Crippen molar-refractivity contribution >= 4 is 29.2 Å². The van der Waals surface area contributed by atoms with E-state index in [1.807, 2.05) is 4.98 Å². The Morgan fingerprint density at radius 1 is 0.857 bits per heavy atom. The third-order valence-corrected chi connectivity index (χ3v) is 2.01. The van der Waals surface area contributed by atoms with Gasteiger partial charge in [-0.05, 0) is 0 Å². The van der Waals surface area contributed by atoms with Gasteiger partial charge in [-0.15, -0.1) is 0 Å². The number of amides is 4. The van der Waals surface area contributed by atoms with Crippen molar-refractivity contribution in [3.63, 3.8) is 0 Å². The van der Waals surface area contributed by atoms with Crippen molar-refractivity contribution < 1.29 is 19.5 Å². The molecule has 0 spiro atoms. The third kappa shape index (κ3) is 3.37. The van der Waals surface area contributed by atoms with Crippen molar-refractivity contribution in [2.45, 2.75) is 0 Å². The van der Waals surface area contributed by atoms with E-state index >= 15 is 0 Å². The molecular formula is C8H11N7O6. The first-order valence-electron chi connectivity index (χ1n) is 4.69. The van der Waals surface area contributed by atoms with Crippen LogP contribution in [-0.4, -0.2) is 38.6 Å². The van der Waals surface area contributed by atoms with E-state index in [-0.39, 0.29) is 12.3 Å². The van der Waals surface area contributed by atoms with Crippen LogP contribution in [0.2, 0.25) is 0 Å². The van der Waals surface area contributed by atoms with Crippen LogP contribution < -0.4 is 34.2 Å². The number of hydrogen-bond donors (Lipinski definition) is 7. The summed E-state index contributed by atoms with van der Waals surface area (Å²) in [5.41, 5.74) is -3.65. The highest BCUT2D eigenvalue weighted by atomic mass is 16.3. The molecule has 1 aromatic rings. The van der Waals surface area contributed by atoms with E-state index in [1.54, 1.807) is 15.6 Å². The Balaban J connectivity index is 0.00000200. The summed E-state index contributed by atoms with van der Waals surface area (Å²) < 4.78 is 0. The van der Waals surface area contributed by atoms with Gasteiger partial charge in [-0.25, -0.2) is 14.6 Å². The molecule has 11 N–H and O–H groups in total. The lowest BCUT2D eigenvalue weighted by molar-refractivity contribution is -0.119. The number of imide groups is 2. The molecule has 0 radical (unpaired) electrons. The van der Waals surface area contributed by atoms with Crippen molar-refractivity contribution in [2.24, 2.45) is 4.99 Å². The molecule has 13 heteroatoms. The summed E-state index contributed by atoms with van der Waals surface area (Å²) in [7, 11) is 0. The zero-order valence-corrected chi connectivity index (χ0v) is 10.3. The van der Waals surface area contributed by atoms with Crippen LogP contribution in [-0.2, 0) is 9.59 Å². The molecule has 0 aliphatic carbocycles. The van der Waals surface area contributed by atoms with Gasteiger partial charge in [-0.2, -0.15) is 0 Å². The molecule has 0 saturated carbocycles. The van der Waals surface area contributed by atoms with Crippen LogP contribution in [0.4, 0.5) is 10.5 Å². The van der Waals surface area contributed by atoms with Crippen molar-refractivity contribution in [1.29, 1.82) is 0 Å². The van der Waals surface area contributed by atoms with Gasteiger partial charge >= 0.3 is 11.7 Å². The highest BCUT2D eigenvalue weighted by molar-refractivity contribution is 6.69. The molecule has 1 fully saturated rings. The predicted octanol–water partition coefficient (Wildman–Crippen LogP) is -2.47. The molecule has 0 aromatic carbocycles. The lowest BCUT2D eigenvalue weighted by Gasteiger charge is -2.12. The SMILES string of the molecule is N.N.O=C1NC(=O)C(=Nc2c(O)[nH]c(=O)[nH]c2=O)C(=O)N1. The Labute approximate surface area is 114 Å². The van der Waals surface area contributed by atoms with Gasteiger partial charge in [0.15, 0.2) is 11.4 Å². The summed E-state index contributed by atoms with van der Waals surface area (Å²) in [5, 5.41) is 12.8. The van der Waals surface area contributed by atoms with Crippen LogP contribution >= 0.6 is 0 Å². The number of nitrogens with zero attached hydrogens (tertiary/aromatic N) is 1. The maximum Gasteiger partial charge on any atom is 0.328 e. The van der Waals surface area contributed by atoms with Gasteiger partial charge in [-0.3, -0.25) is 35.0 Å². The lowest BCUT2D eigenvalue weighted by atomic mass is 10.3. The minimum Gasteiger partial charge on any atom is -0.493 e. The molecule has 1 aromatic heterocycles. The van der Waals surface area contributed by atoms with E-state index in [0.29, 0.717) is 0 Å². The second-order valence-corrected chi connectivity index (χ2v) is 3.30. The number of hydrogen-bond acceptors (Lipinski definition) is 9. The molecule has 2 rings (SSSR count). The van der Waals surface area contributed by atoms with E-state index in [2.05, 4.69) is 4.99 Å². The first-order valence-corrected chi connectivity index (χ1v) is 4.69. The Morgan fingerprint density at radius 2 is 1.38 bits per heavy atom. The van der Waals surface area contributed by atoms with Gasteiger partial charge in [0.2, 0.25) is 5.88 Å². The van der Waals surface area contributed by atoms with Crippen LogP contribution in [0.1, 0.15) is 0 Å². The Bertz CT molecular complexity index is 722. The highest BCUT2D eigenvalue weighted by Gasteiger charge is 2.30. The van der Waals surface area contributed by atoms with E-state index in [9.17, 15) is 29.1 Å². The van der Waals surface area contributed by atoms with Crippen LogP contribution in [0.5, 0.6) is 5.88 Å². The second kappa shape index (κ2) is 6.22. The molecule has 1 aliphatic rings. The van der Waals surface area contributed by atoms with Crippen molar-refractivity contribution in [3.05, 3.63) is 20.8 Å². The monoisotopic (exact) mass is 301 g/mol. The Morgan fingerprint density at radius 3 is 1.86 bits per heavy atom. The fourth-order valence-corrected chi connectivity index (χ4v) is 1.24. The van der Waals surface area contributed by atoms with Gasteiger partial charge < -0.3 is 17.4 Å². The number of aromatic hydroxyl groups is 1. The van der Waals surface area contributed by atoms with Crippen LogP contribution in [0.25, 0.3) is 0 Å².